The van der Waals surface area contributed by atoms with Crippen LogP contribution in [0.2, 0.25) is 0 Å². The van der Waals surface area contributed by atoms with E-state index in [2.05, 4.69) is 10.5 Å². The first kappa shape index (κ1) is 19.5. The van der Waals surface area contributed by atoms with Crippen molar-refractivity contribution >= 4 is 11.9 Å². The van der Waals surface area contributed by atoms with Gasteiger partial charge in [0.2, 0.25) is 0 Å². The van der Waals surface area contributed by atoms with Crippen molar-refractivity contribution in [3.8, 4) is 22.8 Å². The lowest BCUT2D eigenvalue weighted by molar-refractivity contribution is -0.124. The molecule has 30 heavy (non-hydrogen) atoms. The van der Waals surface area contributed by atoms with Gasteiger partial charge in [-0.15, -0.1) is 0 Å². The number of aromatic nitrogens is 1. The van der Waals surface area contributed by atoms with Crippen LogP contribution in [0.4, 0.5) is 0 Å². The Hall–Kier alpha value is -3.81. The predicted molar refractivity (Wildman–Crippen MR) is 106 cm³/mol. The third-order valence-electron chi connectivity index (χ3n) is 4.54. The highest BCUT2D eigenvalue weighted by molar-refractivity contribution is 5.98. The molecule has 1 aromatic heterocycles. The van der Waals surface area contributed by atoms with Crippen molar-refractivity contribution in [2.45, 2.75) is 13.0 Å². The lowest BCUT2D eigenvalue weighted by Gasteiger charge is -2.26. The van der Waals surface area contributed by atoms with E-state index in [0.29, 0.717) is 29.6 Å². The molecule has 1 amide bonds. The molecule has 2 aromatic carbocycles. The maximum atomic E-state index is 12.5. The van der Waals surface area contributed by atoms with E-state index in [1.807, 2.05) is 48.5 Å². The predicted octanol–water partition coefficient (Wildman–Crippen LogP) is 2.76. The monoisotopic (exact) mass is 408 g/mol. The summed E-state index contributed by atoms with van der Waals surface area (Å²) in [4.78, 5) is 24.6. The average Bonchev–Trinajstić information content (AvgIpc) is 3.18. The molecule has 0 fully saturated rings. The normalized spacial score (nSPS) is 14.8. The highest BCUT2D eigenvalue weighted by Gasteiger charge is 2.24. The number of benzene rings is 2. The van der Waals surface area contributed by atoms with Crippen molar-refractivity contribution in [2.24, 2.45) is 0 Å². The summed E-state index contributed by atoms with van der Waals surface area (Å²) >= 11 is 0. The number of amides is 1. The Labute approximate surface area is 172 Å². The third kappa shape index (κ3) is 4.27. The van der Waals surface area contributed by atoms with Crippen LogP contribution in [0.1, 0.15) is 16.1 Å². The van der Waals surface area contributed by atoms with E-state index >= 15 is 0 Å². The van der Waals surface area contributed by atoms with Gasteiger partial charge in [0.1, 0.15) is 29.7 Å². The van der Waals surface area contributed by atoms with Crippen LogP contribution in [-0.4, -0.2) is 42.9 Å². The van der Waals surface area contributed by atoms with Gasteiger partial charge in [0, 0.05) is 5.56 Å². The highest BCUT2D eigenvalue weighted by Crippen LogP contribution is 2.30. The average molecular weight is 408 g/mol. The van der Waals surface area contributed by atoms with Crippen molar-refractivity contribution < 1.29 is 28.3 Å². The number of nitrogens with one attached hydrogen (secondary N) is 1. The van der Waals surface area contributed by atoms with Crippen molar-refractivity contribution in [3.63, 3.8) is 0 Å². The summed E-state index contributed by atoms with van der Waals surface area (Å²) in [6.07, 6.45) is -0.329. The van der Waals surface area contributed by atoms with E-state index in [9.17, 15) is 9.59 Å². The first-order chi connectivity index (χ1) is 14.6. The zero-order valence-electron chi connectivity index (χ0n) is 16.3. The highest BCUT2D eigenvalue weighted by atomic mass is 16.6. The van der Waals surface area contributed by atoms with Gasteiger partial charge in [-0.1, -0.05) is 47.6 Å². The molecule has 1 aliphatic rings. The van der Waals surface area contributed by atoms with Crippen LogP contribution in [0.5, 0.6) is 11.5 Å². The third-order valence-corrected chi connectivity index (χ3v) is 4.54. The van der Waals surface area contributed by atoms with Crippen LogP contribution in [0.15, 0.2) is 59.1 Å². The molecule has 1 atom stereocenters. The van der Waals surface area contributed by atoms with Crippen molar-refractivity contribution in [1.82, 2.24) is 10.5 Å². The first-order valence-electron chi connectivity index (χ1n) is 9.46. The Bertz CT molecular complexity index is 1050. The lowest BCUT2D eigenvalue weighted by atomic mass is 10.1. The Morgan fingerprint density at radius 2 is 1.83 bits per heavy atom. The number of hydrogen-bond acceptors (Lipinski definition) is 7. The fraction of sp³-hybridized carbons (Fsp3) is 0.227. The molecule has 0 unspecified atom stereocenters. The fourth-order valence-electron chi connectivity index (χ4n) is 3.05. The minimum Gasteiger partial charge on any atom is -0.486 e. The van der Waals surface area contributed by atoms with Gasteiger partial charge in [0.25, 0.3) is 5.91 Å². The molecule has 3 aromatic rings. The lowest BCUT2D eigenvalue weighted by Crippen LogP contribution is -2.42. The molecule has 1 aliphatic heterocycles. The van der Waals surface area contributed by atoms with E-state index in [4.69, 9.17) is 18.7 Å². The number of carbonyl (C=O) groups is 2. The Morgan fingerprint density at radius 1 is 1.10 bits per heavy atom. The molecule has 0 saturated carbocycles. The molecule has 0 bridgehead atoms. The van der Waals surface area contributed by atoms with E-state index in [0.717, 1.165) is 5.56 Å². The summed E-state index contributed by atoms with van der Waals surface area (Å²) in [5, 5.41) is 6.63. The van der Waals surface area contributed by atoms with Gasteiger partial charge in [-0.3, -0.25) is 4.79 Å². The Kier molecular flexibility index (Phi) is 5.65. The molecule has 8 heteroatoms. The minimum absolute atomic E-state index is 0.203. The molecule has 154 valence electrons. The second kappa shape index (κ2) is 8.69. The number of nitrogens with zero attached hydrogens (tertiary/aromatic N) is 1. The van der Waals surface area contributed by atoms with Crippen LogP contribution >= 0.6 is 0 Å². The van der Waals surface area contributed by atoms with Gasteiger partial charge in [0.05, 0.1) is 6.54 Å². The molecule has 0 spiro atoms. The largest absolute Gasteiger partial charge is 0.486 e. The van der Waals surface area contributed by atoms with Crippen LogP contribution in [0, 0.1) is 6.92 Å². The molecule has 0 radical (unpaired) electrons. The van der Waals surface area contributed by atoms with Crippen LogP contribution in [0.25, 0.3) is 11.3 Å². The number of fused-ring (bicyclic) bond motifs is 1. The maximum absolute atomic E-state index is 12.5. The van der Waals surface area contributed by atoms with Gasteiger partial charge >= 0.3 is 5.97 Å². The smallest absolute Gasteiger partial charge is 0.344 e. The van der Waals surface area contributed by atoms with E-state index in [-0.39, 0.29) is 18.2 Å². The topological polar surface area (TPSA) is 99.9 Å². The second-order valence-corrected chi connectivity index (χ2v) is 6.71. The standard InChI is InChI=1S/C22H20N2O6/c1-14-20(21(24-30-14)15-7-3-2-4-8-15)22(26)28-13-19(25)23-11-16-12-27-17-9-5-6-10-18(17)29-16/h2-10,16H,11-13H2,1H3,(H,23,25)/t16-/m0/s1. The number of para-hydroxylation sites is 2. The number of carbonyl (C=O) groups excluding carboxylic acids is 2. The van der Waals surface area contributed by atoms with Crippen LogP contribution in [-0.2, 0) is 9.53 Å². The number of aryl methyl sites for hydroxylation is 1. The van der Waals surface area contributed by atoms with Crippen LogP contribution in [0.3, 0.4) is 0 Å². The summed E-state index contributed by atoms with van der Waals surface area (Å²) in [6, 6.07) is 16.5. The maximum Gasteiger partial charge on any atom is 0.344 e. The van der Waals surface area contributed by atoms with E-state index < -0.39 is 18.5 Å². The minimum atomic E-state index is -0.672. The summed E-state index contributed by atoms with van der Waals surface area (Å²) in [7, 11) is 0. The van der Waals surface area contributed by atoms with Gasteiger partial charge in [-0.2, -0.15) is 0 Å². The summed E-state index contributed by atoms with van der Waals surface area (Å²) in [5.41, 5.74) is 1.31. The summed E-state index contributed by atoms with van der Waals surface area (Å²) in [6.45, 7) is 1.74. The summed E-state index contributed by atoms with van der Waals surface area (Å²) in [5.74, 6) is 0.513. The zero-order valence-corrected chi connectivity index (χ0v) is 16.3. The van der Waals surface area contributed by atoms with Gasteiger partial charge in [-0.25, -0.2) is 4.79 Å². The van der Waals surface area contributed by atoms with Crippen molar-refractivity contribution in [3.05, 3.63) is 65.9 Å². The molecular weight excluding hydrogens is 388 g/mol. The molecule has 0 aliphatic carbocycles. The second-order valence-electron chi connectivity index (χ2n) is 6.71. The van der Waals surface area contributed by atoms with Gasteiger partial charge in [0.15, 0.2) is 18.1 Å². The molecule has 4 rings (SSSR count). The molecule has 0 saturated heterocycles. The molecule has 1 N–H and O–H groups in total. The molecule has 8 nitrogen and oxygen atoms in total. The van der Waals surface area contributed by atoms with Crippen molar-refractivity contribution in [2.75, 3.05) is 19.8 Å². The molecule has 2 heterocycles. The quantitative estimate of drug-likeness (QED) is 0.626. The number of ether oxygens (including phenoxy) is 3. The van der Waals surface area contributed by atoms with Gasteiger partial charge in [-0.05, 0) is 19.1 Å². The number of rotatable bonds is 6. The first-order valence-corrected chi connectivity index (χ1v) is 9.46. The zero-order chi connectivity index (χ0) is 20.9. The number of esters is 1. The Morgan fingerprint density at radius 3 is 2.63 bits per heavy atom. The van der Waals surface area contributed by atoms with Crippen molar-refractivity contribution in [1.29, 1.82) is 0 Å². The van der Waals surface area contributed by atoms with Gasteiger partial charge < -0.3 is 24.1 Å². The molecular formula is C22H20N2O6. The summed E-state index contributed by atoms with van der Waals surface area (Å²) < 4.78 is 21.7. The fourth-order valence-corrected chi connectivity index (χ4v) is 3.05. The Balaban J connectivity index is 1.30. The SMILES string of the molecule is Cc1onc(-c2ccccc2)c1C(=O)OCC(=O)NC[C@H]1COc2ccccc2O1. The van der Waals surface area contributed by atoms with E-state index in [1.165, 1.54) is 0 Å². The van der Waals surface area contributed by atoms with E-state index in [1.54, 1.807) is 13.0 Å². The van der Waals surface area contributed by atoms with Crippen LogP contribution < -0.4 is 14.8 Å². The number of hydrogen-bond donors (Lipinski definition) is 1.